The zero-order valence-electron chi connectivity index (χ0n) is 13.2. The number of hydrogen-bond acceptors (Lipinski definition) is 3. The summed E-state index contributed by atoms with van der Waals surface area (Å²) >= 11 is 1.46. The third kappa shape index (κ3) is 3.90. The van der Waals surface area contributed by atoms with Gasteiger partial charge in [0.25, 0.3) is 0 Å². The number of fused-ring (bicyclic) bond motifs is 1. The molecule has 4 heteroatoms. The first-order valence-corrected chi connectivity index (χ1v) is 8.46. The number of nitrogens with zero attached hydrogens (tertiary/aromatic N) is 1. The van der Waals surface area contributed by atoms with Crippen molar-refractivity contribution in [3.63, 3.8) is 0 Å². The van der Waals surface area contributed by atoms with Crippen LogP contribution in [0.4, 0.5) is 5.69 Å². The van der Waals surface area contributed by atoms with Crippen LogP contribution in [0.15, 0.2) is 59.6 Å². The van der Waals surface area contributed by atoms with E-state index in [1.54, 1.807) is 0 Å². The lowest BCUT2D eigenvalue weighted by atomic mass is 10.1. The summed E-state index contributed by atoms with van der Waals surface area (Å²) in [6, 6.07) is 17.9. The number of nitrogens with one attached hydrogen (secondary N) is 1. The molecule has 0 saturated carbocycles. The summed E-state index contributed by atoms with van der Waals surface area (Å²) in [6.07, 6.45) is 0. The van der Waals surface area contributed by atoms with Crippen molar-refractivity contribution in [2.75, 3.05) is 11.1 Å². The normalized spacial score (nSPS) is 10.7. The minimum absolute atomic E-state index is 0.0202. The van der Waals surface area contributed by atoms with Gasteiger partial charge in [-0.25, -0.2) is 4.98 Å². The highest BCUT2D eigenvalue weighted by molar-refractivity contribution is 7.99. The number of rotatable bonds is 4. The van der Waals surface area contributed by atoms with Crippen LogP contribution in [0.2, 0.25) is 0 Å². The Morgan fingerprint density at radius 2 is 1.91 bits per heavy atom. The Kier molecular flexibility index (Phi) is 4.63. The summed E-state index contributed by atoms with van der Waals surface area (Å²) in [4.78, 5) is 16.7. The number of hydrogen-bond donors (Lipinski definition) is 1. The Labute approximate surface area is 140 Å². The van der Waals surface area contributed by atoms with Gasteiger partial charge in [-0.15, -0.1) is 0 Å². The van der Waals surface area contributed by atoms with Crippen LogP contribution in [0.25, 0.3) is 10.9 Å². The van der Waals surface area contributed by atoms with E-state index in [2.05, 4.69) is 23.3 Å². The van der Waals surface area contributed by atoms with E-state index in [1.165, 1.54) is 17.3 Å². The molecule has 0 aliphatic rings. The first-order chi connectivity index (χ1) is 11.1. The Balaban J connectivity index is 1.67. The van der Waals surface area contributed by atoms with Gasteiger partial charge in [-0.2, -0.15) is 0 Å². The van der Waals surface area contributed by atoms with Gasteiger partial charge in [-0.3, -0.25) is 4.79 Å². The average molecular weight is 322 g/mol. The highest BCUT2D eigenvalue weighted by Gasteiger charge is 2.07. The predicted octanol–water partition coefficient (Wildman–Crippen LogP) is 4.58. The van der Waals surface area contributed by atoms with Crippen molar-refractivity contribution < 1.29 is 4.79 Å². The Hall–Kier alpha value is -2.33. The lowest BCUT2D eigenvalue weighted by Crippen LogP contribution is -2.14. The molecule has 0 unspecified atom stereocenters. The third-order valence-corrected chi connectivity index (χ3v) is 4.46. The highest BCUT2D eigenvalue weighted by Crippen LogP contribution is 2.23. The topological polar surface area (TPSA) is 42.0 Å². The molecule has 3 aromatic rings. The van der Waals surface area contributed by atoms with E-state index in [0.29, 0.717) is 5.75 Å². The van der Waals surface area contributed by atoms with Gasteiger partial charge in [0, 0.05) is 11.1 Å². The van der Waals surface area contributed by atoms with Gasteiger partial charge in [-0.1, -0.05) is 42.1 Å². The van der Waals surface area contributed by atoms with Gasteiger partial charge in [0.1, 0.15) is 0 Å². The Morgan fingerprint density at radius 1 is 1.09 bits per heavy atom. The molecule has 23 heavy (non-hydrogen) atoms. The van der Waals surface area contributed by atoms with Gasteiger partial charge in [-0.05, 0) is 49.2 Å². The molecule has 0 atom stereocenters. The molecule has 0 saturated heterocycles. The fraction of sp³-hybridized carbons (Fsp3) is 0.158. The van der Waals surface area contributed by atoms with E-state index < -0.39 is 0 Å². The van der Waals surface area contributed by atoms with E-state index in [9.17, 15) is 4.79 Å². The van der Waals surface area contributed by atoms with Gasteiger partial charge in [0.05, 0.1) is 16.3 Å². The molecule has 0 spiro atoms. The molecule has 0 bridgehead atoms. The van der Waals surface area contributed by atoms with Gasteiger partial charge < -0.3 is 5.32 Å². The zero-order chi connectivity index (χ0) is 16.2. The number of benzene rings is 2. The molecule has 3 nitrogen and oxygen atoms in total. The van der Waals surface area contributed by atoms with Crippen LogP contribution in [-0.4, -0.2) is 16.6 Å². The Bertz CT molecular complexity index is 861. The van der Waals surface area contributed by atoms with E-state index in [1.807, 2.05) is 55.5 Å². The van der Waals surface area contributed by atoms with Gasteiger partial charge >= 0.3 is 0 Å². The molecule has 1 N–H and O–H groups in total. The SMILES string of the molecule is Cc1cccc(NC(=O)CSc2cc(C)c3ccccc3n2)c1. The number of aryl methyl sites for hydroxylation is 2. The number of aromatic nitrogens is 1. The van der Waals surface area contributed by atoms with Crippen molar-refractivity contribution in [2.45, 2.75) is 18.9 Å². The number of carbonyl (C=O) groups is 1. The number of anilines is 1. The van der Waals surface area contributed by atoms with E-state index in [4.69, 9.17) is 0 Å². The average Bonchev–Trinajstić information content (AvgIpc) is 2.53. The molecule has 1 heterocycles. The van der Waals surface area contributed by atoms with Crippen LogP contribution in [0.5, 0.6) is 0 Å². The van der Waals surface area contributed by atoms with E-state index >= 15 is 0 Å². The van der Waals surface area contributed by atoms with Crippen LogP contribution in [0.1, 0.15) is 11.1 Å². The second-order valence-electron chi connectivity index (χ2n) is 5.50. The first kappa shape index (κ1) is 15.6. The number of amides is 1. The zero-order valence-corrected chi connectivity index (χ0v) is 14.0. The summed E-state index contributed by atoms with van der Waals surface area (Å²) in [7, 11) is 0. The molecule has 0 fully saturated rings. The smallest absolute Gasteiger partial charge is 0.234 e. The lowest BCUT2D eigenvalue weighted by molar-refractivity contribution is -0.113. The predicted molar refractivity (Wildman–Crippen MR) is 97.0 cm³/mol. The van der Waals surface area contributed by atoms with Gasteiger partial charge in [0.2, 0.25) is 5.91 Å². The second kappa shape index (κ2) is 6.84. The van der Waals surface area contributed by atoms with Crippen molar-refractivity contribution in [2.24, 2.45) is 0 Å². The number of carbonyl (C=O) groups excluding carboxylic acids is 1. The standard InChI is InChI=1S/C19H18N2OS/c1-13-6-5-7-15(10-13)20-18(22)12-23-19-11-14(2)16-8-3-4-9-17(16)21-19/h3-11H,12H2,1-2H3,(H,20,22). The van der Waals surface area contributed by atoms with Crippen LogP contribution >= 0.6 is 11.8 Å². The van der Waals surface area contributed by atoms with Gasteiger partial charge in [0.15, 0.2) is 0 Å². The number of thioether (sulfide) groups is 1. The molecule has 0 radical (unpaired) electrons. The van der Waals surface area contributed by atoms with Crippen LogP contribution in [-0.2, 0) is 4.79 Å². The number of pyridine rings is 1. The lowest BCUT2D eigenvalue weighted by Gasteiger charge is -2.07. The van der Waals surface area contributed by atoms with Crippen LogP contribution < -0.4 is 5.32 Å². The fourth-order valence-electron chi connectivity index (χ4n) is 2.45. The molecule has 116 valence electrons. The maximum Gasteiger partial charge on any atom is 0.234 e. The van der Waals surface area contributed by atoms with Crippen molar-refractivity contribution in [1.29, 1.82) is 0 Å². The third-order valence-electron chi connectivity index (χ3n) is 3.55. The van der Waals surface area contributed by atoms with Crippen molar-refractivity contribution in [3.05, 3.63) is 65.7 Å². The molecular weight excluding hydrogens is 304 g/mol. The Morgan fingerprint density at radius 3 is 2.74 bits per heavy atom. The quantitative estimate of drug-likeness (QED) is 0.715. The first-order valence-electron chi connectivity index (χ1n) is 7.47. The molecule has 0 aliphatic heterocycles. The maximum atomic E-state index is 12.1. The van der Waals surface area contributed by atoms with Crippen molar-refractivity contribution >= 4 is 34.3 Å². The van der Waals surface area contributed by atoms with Crippen LogP contribution in [0.3, 0.4) is 0 Å². The summed E-state index contributed by atoms with van der Waals surface area (Å²) in [5.41, 5.74) is 4.10. The van der Waals surface area contributed by atoms with Crippen molar-refractivity contribution in [3.8, 4) is 0 Å². The molecular formula is C19H18N2OS. The van der Waals surface area contributed by atoms with Crippen LogP contribution in [0, 0.1) is 13.8 Å². The monoisotopic (exact) mass is 322 g/mol. The fourth-order valence-corrected chi connectivity index (χ4v) is 3.23. The largest absolute Gasteiger partial charge is 0.325 e. The summed E-state index contributed by atoms with van der Waals surface area (Å²) in [5, 5.41) is 4.95. The highest BCUT2D eigenvalue weighted by atomic mass is 32.2. The molecule has 0 aliphatic carbocycles. The molecule has 1 amide bonds. The molecule has 2 aromatic carbocycles. The molecule has 3 rings (SSSR count). The summed E-state index contributed by atoms with van der Waals surface area (Å²) in [6.45, 7) is 4.08. The van der Waals surface area contributed by atoms with E-state index in [0.717, 1.165) is 27.2 Å². The maximum absolute atomic E-state index is 12.1. The minimum Gasteiger partial charge on any atom is -0.325 e. The van der Waals surface area contributed by atoms with Crippen molar-refractivity contribution in [1.82, 2.24) is 4.98 Å². The number of para-hydroxylation sites is 1. The minimum atomic E-state index is -0.0202. The molecule has 1 aromatic heterocycles. The second-order valence-corrected chi connectivity index (χ2v) is 6.50. The van der Waals surface area contributed by atoms with E-state index in [-0.39, 0.29) is 5.91 Å². The summed E-state index contributed by atoms with van der Waals surface area (Å²) < 4.78 is 0. The summed E-state index contributed by atoms with van der Waals surface area (Å²) in [5.74, 6) is 0.326.